The van der Waals surface area contributed by atoms with E-state index >= 15 is 0 Å². The fraction of sp³-hybridized carbons (Fsp3) is 0.235. The smallest absolute Gasteiger partial charge is 0.387 e. The zero-order valence-electron chi connectivity index (χ0n) is 13.3. The molecule has 1 aromatic carbocycles. The van der Waals surface area contributed by atoms with Crippen LogP contribution in [0.25, 0.3) is 0 Å². The van der Waals surface area contributed by atoms with Crippen LogP contribution < -0.4 is 9.47 Å². The average Bonchev–Trinajstić information content (AvgIpc) is 3.00. The molecule has 1 heterocycles. The van der Waals surface area contributed by atoms with Crippen molar-refractivity contribution in [2.75, 3.05) is 7.11 Å². The number of nitriles is 1. The third kappa shape index (κ3) is 3.83. The number of furan rings is 1. The number of halogens is 2. The van der Waals surface area contributed by atoms with E-state index in [-0.39, 0.29) is 28.4 Å². The Balaban J connectivity index is 2.36. The molecular weight excluding hydrogens is 336 g/mol. The quantitative estimate of drug-likeness (QED) is 0.562. The van der Waals surface area contributed by atoms with E-state index in [4.69, 9.17) is 9.15 Å². The molecule has 0 aliphatic rings. The van der Waals surface area contributed by atoms with Gasteiger partial charge < -0.3 is 13.9 Å². The lowest BCUT2D eigenvalue weighted by Gasteiger charge is -2.12. The number of aryl methyl sites for hydroxylation is 1. The number of Topliss-reactive ketones (excluding diaryl/α,β-unsaturated/α-hetero) is 2. The zero-order valence-corrected chi connectivity index (χ0v) is 13.3. The lowest BCUT2D eigenvalue weighted by Crippen LogP contribution is -2.23. The Bertz CT molecular complexity index is 838. The van der Waals surface area contributed by atoms with Crippen LogP contribution in [-0.2, 0) is 0 Å². The van der Waals surface area contributed by atoms with E-state index in [2.05, 4.69) is 4.74 Å². The van der Waals surface area contributed by atoms with Gasteiger partial charge in [-0.1, -0.05) is 0 Å². The molecule has 25 heavy (non-hydrogen) atoms. The zero-order chi connectivity index (χ0) is 18.6. The molecule has 0 saturated heterocycles. The summed E-state index contributed by atoms with van der Waals surface area (Å²) >= 11 is 0. The van der Waals surface area contributed by atoms with E-state index in [1.54, 1.807) is 6.07 Å². The molecule has 6 nitrogen and oxygen atoms in total. The number of carbonyl (C=O) groups excluding carboxylic acids is 2. The standard InChI is InChI=1S/C17H13F2NO5/c1-9-11(5-6-24-9)16(22)12(8-20)15(21)10-3-4-13(23-2)14(7-10)25-17(18)19/h3-7,12,17H,1-2H3. The second kappa shape index (κ2) is 7.57. The Morgan fingerprint density at radius 2 is 1.92 bits per heavy atom. The second-order valence-corrected chi connectivity index (χ2v) is 4.93. The summed E-state index contributed by atoms with van der Waals surface area (Å²) in [5.41, 5.74) is -0.0186. The molecule has 0 bridgehead atoms. The van der Waals surface area contributed by atoms with Crippen molar-refractivity contribution in [3.05, 3.63) is 47.4 Å². The van der Waals surface area contributed by atoms with E-state index in [0.29, 0.717) is 0 Å². The Labute approximate surface area is 141 Å². The normalized spacial score (nSPS) is 11.7. The highest BCUT2D eigenvalue weighted by Crippen LogP contribution is 2.30. The molecule has 2 rings (SSSR count). The maximum absolute atomic E-state index is 12.5. The number of rotatable bonds is 7. The second-order valence-electron chi connectivity index (χ2n) is 4.93. The van der Waals surface area contributed by atoms with E-state index in [1.165, 1.54) is 38.5 Å². The molecule has 0 N–H and O–H groups in total. The highest BCUT2D eigenvalue weighted by molar-refractivity contribution is 6.18. The SMILES string of the molecule is COc1ccc(C(=O)C(C#N)C(=O)c2ccoc2C)cc1OC(F)F. The van der Waals surface area contributed by atoms with Gasteiger partial charge in [0.2, 0.25) is 0 Å². The molecule has 0 saturated carbocycles. The number of hydrogen-bond acceptors (Lipinski definition) is 6. The summed E-state index contributed by atoms with van der Waals surface area (Å²) in [7, 11) is 1.25. The predicted molar refractivity (Wildman–Crippen MR) is 80.8 cm³/mol. The first-order valence-electron chi connectivity index (χ1n) is 7.04. The number of carbonyl (C=O) groups is 2. The predicted octanol–water partition coefficient (Wildman–Crippen LogP) is 3.40. The minimum Gasteiger partial charge on any atom is -0.493 e. The van der Waals surface area contributed by atoms with Gasteiger partial charge in [-0.05, 0) is 31.2 Å². The van der Waals surface area contributed by atoms with Crippen molar-refractivity contribution in [3.8, 4) is 17.6 Å². The molecule has 1 unspecified atom stereocenters. The number of methoxy groups -OCH3 is 1. The maximum atomic E-state index is 12.5. The first kappa shape index (κ1) is 18.1. The molecule has 0 aliphatic carbocycles. The minimum atomic E-state index is -3.12. The molecule has 0 fully saturated rings. The summed E-state index contributed by atoms with van der Waals surface area (Å²) < 4.78 is 39.1. The van der Waals surface area contributed by atoms with Crippen molar-refractivity contribution in [2.45, 2.75) is 13.5 Å². The number of benzene rings is 1. The molecule has 2 aromatic rings. The van der Waals surface area contributed by atoms with Gasteiger partial charge in [0.1, 0.15) is 5.76 Å². The topological polar surface area (TPSA) is 89.5 Å². The number of hydrogen-bond donors (Lipinski definition) is 0. The van der Waals surface area contributed by atoms with Crippen LogP contribution in [-0.4, -0.2) is 25.3 Å². The highest BCUT2D eigenvalue weighted by Gasteiger charge is 2.31. The van der Waals surface area contributed by atoms with Crippen molar-refractivity contribution in [2.24, 2.45) is 5.92 Å². The Morgan fingerprint density at radius 1 is 1.20 bits per heavy atom. The van der Waals surface area contributed by atoms with E-state index < -0.39 is 24.1 Å². The lowest BCUT2D eigenvalue weighted by molar-refractivity contribution is -0.0512. The van der Waals surface area contributed by atoms with Crippen molar-refractivity contribution >= 4 is 11.6 Å². The molecule has 1 atom stereocenters. The van der Waals surface area contributed by atoms with Crippen LogP contribution >= 0.6 is 0 Å². The largest absolute Gasteiger partial charge is 0.493 e. The van der Waals surface area contributed by atoms with Crippen LogP contribution in [0.3, 0.4) is 0 Å². The summed E-state index contributed by atoms with van der Waals surface area (Å²) in [4.78, 5) is 24.9. The molecule has 0 amide bonds. The monoisotopic (exact) mass is 349 g/mol. The fourth-order valence-corrected chi connectivity index (χ4v) is 2.22. The van der Waals surface area contributed by atoms with Crippen LogP contribution in [0, 0.1) is 24.2 Å². The first-order valence-corrected chi connectivity index (χ1v) is 7.04. The Kier molecular flexibility index (Phi) is 5.49. The molecule has 8 heteroatoms. The number of ether oxygens (including phenoxy) is 2. The van der Waals surface area contributed by atoms with Gasteiger partial charge in [-0.3, -0.25) is 9.59 Å². The van der Waals surface area contributed by atoms with E-state index in [9.17, 15) is 23.6 Å². The van der Waals surface area contributed by atoms with E-state index in [0.717, 1.165) is 6.07 Å². The van der Waals surface area contributed by atoms with Gasteiger partial charge in [0.05, 0.1) is 25.0 Å². The summed E-state index contributed by atoms with van der Waals surface area (Å²) in [6, 6.07) is 6.51. The van der Waals surface area contributed by atoms with Gasteiger partial charge in [0, 0.05) is 5.56 Å². The number of ketones is 2. The van der Waals surface area contributed by atoms with Crippen LogP contribution in [0.15, 0.2) is 34.9 Å². The van der Waals surface area contributed by atoms with E-state index in [1.807, 2.05) is 0 Å². The van der Waals surface area contributed by atoms with Gasteiger partial charge in [-0.15, -0.1) is 0 Å². The molecule has 0 aliphatic heterocycles. The molecule has 130 valence electrons. The maximum Gasteiger partial charge on any atom is 0.387 e. The Morgan fingerprint density at radius 3 is 2.44 bits per heavy atom. The van der Waals surface area contributed by atoms with Gasteiger partial charge >= 0.3 is 6.61 Å². The van der Waals surface area contributed by atoms with Crippen molar-refractivity contribution in [1.82, 2.24) is 0 Å². The summed E-state index contributed by atoms with van der Waals surface area (Å²) in [6.07, 6.45) is 1.27. The van der Waals surface area contributed by atoms with Crippen molar-refractivity contribution in [3.63, 3.8) is 0 Å². The third-order valence-corrected chi connectivity index (χ3v) is 3.44. The minimum absolute atomic E-state index is 0.0117. The average molecular weight is 349 g/mol. The van der Waals surface area contributed by atoms with Crippen LogP contribution in [0.5, 0.6) is 11.5 Å². The van der Waals surface area contributed by atoms with Crippen LogP contribution in [0.2, 0.25) is 0 Å². The van der Waals surface area contributed by atoms with Crippen molar-refractivity contribution in [1.29, 1.82) is 5.26 Å². The number of nitrogens with zero attached hydrogens (tertiary/aromatic N) is 1. The molecular formula is C17H13F2NO5. The fourth-order valence-electron chi connectivity index (χ4n) is 2.22. The molecule has 1 aromatic heterocycles. The summed E-state index contributed by atoms with van der Waals surface area (Å²) in [5, 5.41) is 9.24. The number of alkyl halides is 2. The van der Waals surface area contributed by atoms with Crippen molar-refractivity contribution < 1.29 is 32.3 Å². The Hall–Kier alpha value is -3.21. The first-order chi connectivity index (χ1) is 11.9. The van der Waals surface area contributed by atoms with Crippen LogP contribution in [0.4, 0.5) is 8.78 Å². The van der Waals surface area contributed by atoms with Crippen LogP contribution in [0.1, 0.15) is 26.5 Å². The van der Waals surface area contributed by atoms with Gasteiger partial charge in [0.15, 0.2) is 29.0 Å². The summed E-state index contributed by atoms with van der Waals surface area (Å²) in [5.74, 6) is -3.31. The molecule has 0 radical (unpaired) electrons. The molecule has 0 spiro atoms. The highest BCUT2D eigenvalue weighted by atomic mass is 19.3. The lowest BCUT2D eigenvalue weighted by atomic mass is 9.91. The third-order valence-electron chi connectivity index (χ3n) is 3.44. The van der Waals surface area contributed by atoms with Gasteiger partial charge in [-0.25, -0.2) is 0 Å². The van der Waals surface area contributed by atoms with Gasteiger partial charge in [0.25, 0.3) is 0 Å². The summed E-state index contributed by atoms with van der Waals surface area (Å²) in [6.45, 7) is -1.60. The van der Waals surface area contributed by atoms with Gasteiger partial charge in [-0.2, -0.15) is 14.0 Å².